The Balaban J connectivity index is 1.78. The Morgan fingerprint density at radius 3 is 2.62 bits per heavy atom. The van der Waals surface area contributed by atoms with Gasteiger partial charge in [-0.25, -0.2) is 0 Å². The third-order valence-electron chi connectivity index (χ3n) is 3.78. The fraction of sp³-hybridized carbons (Fsp3) is 0.312. The molecule has 1 aliphatic rings. The number of piperazine rings is 1. The lowest BCUT2D eigenvalue weighted by molar-refractivity contribution is 0.102. The third kappa shape index (κ3) is 3.08. The number of amides is 1. The van der Waals surface area contributed by atoms with Crippen molar-refractivity contribution < 1.29 is 9.21 Å². The SMILES string of the molecule is CN1CCN(c2ccccc2NC(=O)c2ccoc2)CC1. The fourth-order valence-corrected chi connectivity index (χ4v) is 2.49. The molecule has 0 spiro atoms. The Morgan fingerprint density at radius 2 is 1.90 bits per heavy atom. The molecule has 5 heteroatoms. The van der Waals surface area contributed by atoms with Gasteiger partial charge in [-0.15, -0.1) is 0 Å². The predicted molar refractivity (Wildman–Crippen MR) is 82.8 cm³/mol. The van der Waals surface area contributed by atoms with Gasteiger partial charge in [-0.3, -0.25) is 4.79 Å². The van der Waals surface area contributed by atoms with Crippen LogP contribution in [0.1, 0.15) is 10.4 Å². The van der Waals surface area contributed by atoms with Crippen molar-refractivity contribution in [1.29, 1.82) is 0 Å². The average Bonchev–Trinajstić information content (AvgIpc) is 3.03. The highest BCUT2D eigenvalue weighted by molar-refractivity contribution is 6.05. The zero-order valence-corrected chi connectivity index (χ0v) is 12.1. The second-order valence-corrected chi connectivity index (χ2v) is 5.27. The Bertz CT molecular complexity index is 602. The van der Waals surface area contributed by atoms with Crippen LogP contribution in [-0.4, -0.2) is 44.0 Å². The van der Waals surface area contributed by atoms with Crippen LogP contribution in [-0.2, 0) is 0 Å². The number of carbonyl (C=O) groups excluding carboxylic acids is 1. The monoisotopic (exact) mass is 285 g/mol. The normalized spacial score (nSPS) is 16.0. The molecule has 1 aromatic heterocycles. The van der Waals surface area contributed by atoms with Crippen molar-refractivity contribution in [2.75, 3.05) is 43.4 Å². The van der Waals surface area contributed by atoms with E-state index in [1.807, 2.05) is 18.2 Å². The van der Waals surface area contributed by atoms with Gasteiger partial charge >= 0.3 is 0 Å². The van der Waals surface area contributed by atoms with E-state index in [2.05, 4.69) is 28.2 Å². The Hall–Kier alpha value is -2.27. The van der Waals surface area contributed by atoms with Crippen molar-refractivity contribution in [3.8, 4) is 0 Å². The lowest BCUT2D eigenvalue weighted by atomic mass is 10.2. The first-order chi connectivity index (χ1) is 10.2. The van der Waals surface area contributed by atoms with E-state index >= 15 is 0 Å². The van der Waals surface area contributed by atoms with Gasteiger partial charge in [-0.1, -0.05) is 12.1 Å². The number of anilines is 2. The lowest BCUT2D eigenvalue weighted by Crippen LogP contribution is -2.44. The van der Waals surface area contributed by atoms with E-state index in [1.54, 1.807) is 6.07 Å². The number of hydrogen-bond acceptors (Lipinski definition) is 4. The van der Waals surface area contributed by atoms with Crippen LogP contribution in [0.3, 0.4) is 0 Å². The predicted octanol–water partition coefficient (Wildman–Crippen LogP) is 2.28. The molecule has 0 radical (unpaired) electrons. The number of benzene rings is 1. The third-order valence-corrected chi connectivity index (χ3v) is 3.78. The molecule has 1 aliphatic heterocycles. The summed E-state index contributed by atoms with van der Waals surface area (Å²) in [6.07, 6.45) is 2.95. The van der Waals surface area contributed by atoms with Crippen LogP contribution < -0.4 is 10.2 Å². The topological polar surface area (TPSA) is 48.7 Å². The highest BCUT2D eigenvalue weighted by Crippen LogP contribution is 2.27. The molecule has 2 heterocycles. The number of hydrogen-bond donors (Lipinski definition) is 1. The van der Waals surface area contributed by atoms with Gasteiger partial charge < -0.3 is 19.5 Å². The molecule has 0 unspecified atom stereocenters. The van der Waals surface area contributed by atoms with E-state index in [9.17, 15) is 4.79 Å². The molecule has 1 saturated heterocycles. The number of nitrogens with zero attached hydrogens (tertiary/aromatic N) is 2. The molecule has 2 aromatic rings. The molecule has 1 N–H and O–H groups in total. The van der Waals surface area contributed by atoms with Crippen molar-refractivity contribution in [1.82, 2.24) is 4.90 Å². The zero-order valence-electron chi connectivity index (χ0n) is 12.1. The van der Waals surface area contributed by atoms with Crippen LogP contribution in [0.15, 0.2) is 47.3 Å². The van der Waals surface area contributed by atoms with Gasteiger partial charge in [-0.2, -0.15) is 0 Å². The Morgan fingerprint density at radius 1 is 1.14 bits per heavy atom. The summed E-state index contributed by atoms with van der Waals surface area (Å²) in [5.74, 6) is -0.148. The van der Waals surface area contributed by atoms with Crippen LogP contribution in [0.5, 0.6) is 0 Å². The molecule has 3 rings (SSSR count). The number of likely N-dealkylation sites (N-methyl/N-ethyl adjacent to an activating group) is 1. The fourth-order valence-electron chi connectivity index (χ4n) is 2.49. The van der Waals surface area contributed by atoms with Crippen molar-refractivity contribution in [2.45, 2.75) is 0 Å². The van der Waals surface area contributed by atoms with Gasteiger partial charge in [0.15, 0.2) is 0 Å². The summed E-state index contributed by atoms with van der Waals surface area (Å²) < 4.78 is 4.95. The van der Waals surface area contributed by atoms with Crippen LogP contribution in [0.25, 0.3) is 0 Å². The zero-order chi connectivity index (χ0) is 14.7. The second-order valence-electron chi connectivity index (χ2n) is 5.27. The first kappa shape index (κ1) is 13.7. The molecular weight excluding hydrogens is 266 g/mol. The van der Waals surface area contributed by atoms with Gasteiger partial charge in [0.05, 0.1) is 23.2 Å². The van der Waals surface area contributed by atoms with E-state index in [0.717, 1.165) is 37.6 Å². The number of furan rings is 1. The summed E-state index contributed by atoms with van der Waals surface area (Å²) in [6, 6.07) is 9.58. The molecule has 5 nitrogen and oxygen atoms in total. The van der Waals surface area contributed by atoms with E-state index in [-0.39, 0.29) is 5.91 Å². The van der Waals surface area contributed by atoms with E-state index < -0.39 is 0 Å². The quantitative estimate of drug-likeness (QED) is 0.940. The Kier molecular flexibility index (Phi) is 3.92. The molecule has 0 aliphatic carbocycles. The first-order valence-electron chi connectivity index (χ1n) is 7.10. The summed E-state index contributed by atoms with van der Waals surface area (Å²) in [6.45, 7) is 4.00. The van der Waals surface area contributed by atoms with Crippen molar-refractivity contribution >= 4 is 17.3 Å². The standard InChI is InChI=1S/C16H19N3O2/c1-18-7-9-19(10-8-18)15-5-3-2-4-14(15)17-16(20)13-6-11-21-12-13/h2-6,11-12H,7-10H2,1H3,(H,17,20). The minimum atomic E-state index is -0.148. The average molecular weight is 285 g/mol. The maximum Gasteiger partial charge on any atom is 0.258 e. The van der Waals surface area contributed by atoms with Gasteiger partial charge in [0.2, 0.25) is 0 Å². The first-order valence-corrected chi connectivity index (χ1v) is 7.10. The second kappa shape index (κ2) is 6.01. The molecule has 0 atom stereocenters. The van der Waals surface area contributed by atoms with E-state index in [4.69, 9.17) is 4.42 Å². The lowest BCUT2D eigenvalue weighted by Gasteiger charge is -2.35. The number of nitrogens with one attached hydrogen (secondary N) is 1. The number of carbonyl (C=O) groups is 1. The summed E-state index contributed by atoms with van der Waals surface area (Å²) in [5.41, 5.74) is 2.44. The van der Waals surface area contributed by atoms with Gasteiger partial charge in [0.25, 0.3) is 5.91 Å². The smallest absolute Gasteiger partial charge is 0.258 e. The Labute approximate surface area is 124 Å². The molecule has 110 valence electrons. The molecule has 1 amide bonds. The van der Waals surface area contributed by atoms with Crippen molar-refractivity contribution in [2.24, 2.45) is 0 Å². The molecular formula is C16H19N3O2. The van der Waals surface area contributed by atoms with Crippen LogP contribution in [0, 0.1) is 0 Å². The van der Waals surface area contributed by atoms with Crippen molar-refractivity contribution in [3.63, 3.8) is 0 Å². The van der Waals surface area contributed by atoms with Crippen LogP contribution in [0.4, 0.5) is 11.4 Å². The van der Waals surface area contributed by atoms with Crippen LogP contribution >= 0.6 is 0 Å². The van der Waals surface area contributed by atoms with Crippen molar-refractivity contribution in [3.05, 3.63) is 48.4 Å². The van der Waals surface area contributed by atoms with E-state index in [0.29, 0.717) is 5.56 Å². The van der Waals surface area contributed by atoms with Gasteiger partial charge in [0, 0.05) is 26.2 Å². The summed E-state index contributed by atoms with van der Waals surface area (Å²) >= 11 is 0. The molecule has 21 heavy (non-hydrogen) atoms. The molecule has 0 bridgehead atoms. The molecule has 0 saturated carbocycles. The van der Waals surface area contributed by atoms with Gasteiger partial charge in [-0.05, 0) is 25.2 Å². The maximum absolute atomic E-state index is 12.2. The van der Waals surface area contributed by atoms with Gasteiger partial charge in [0.1, 0.15) is 6.26 Å². The highest BCUT2D eigenvalue weighted by atomic mass is 16.3. The summed E-state index contributed by atoms with van der Waals surface area (Å²) in [5, 5.41) is 2.97. The summed E-state index contributed by atoms with van der Waals surface area (Å²) in [4.78, 5) is 16.8. The minimum Gasteiger partial charge on any atom is -0.472 e. The maximum atomic E-state index is 12.2. The molecule has 1 aromatic carbocycles. The van der Waals surface area contributed by atoms with E-state index in [1.165, 1.54) is 12.5 Å². The molecule has 1 fully saturated rings. The number of rotatable bonds is 3. The largest absolute Gasteiger partial charge is 0.472 e. The minimum absolute atomic E-state index is 0.148. The highest BCUT2D eigenvalue weighted by Gasteiger charge is 2.18. The van der Waals surface area contributed by atoms with Crippen LogP contribution in [0.2, 0.25) is 0 Å². The summed E-state index contributed by atoms with van der Waals surface area (Å²) in [7, 11) is 2.13. The number of para-hydroxylation sites is 2.